The second-order valence-electron chi connectivity index (χ2n) is 7.00. The van der Waals surface area contributed by atoms with Gasteiger partial charge in [0.1, 0.15) is 11.9 Å². The number of hydrogen-bond acceptors (Lipinski definition) is 9. The van der Waals surface area contributed by atoms with E-state index in [0.29, 0.717) is 4.57 Å². The number of amides is 1. The minimum Gasteiger partial charge on any atom is -0.453 e. The third kappa shape index (κ3) is 5.68. The molecule has 1 aliphatic heterocycles. The minimum atomic E-state index is -3.86. The second-order valence-corrected chi connectivity index (χ2v) is 7.00. The third-order valence-electron chi connectivity index (χ3n) is 4.72. The number of pyridine rings is 1. The van der Waals surface area contributed by atoms with Crippen molar-refractivity contribution in [1.82, 2.24) is 14.5 Å². The fourth-order valence-electron chi connectivity index (χ4n) is 3.19. The molecule has 0 aromatic carbocycles. The van der Waals surface area contributed by atoms with Crippen LogP contribution in [0.1, 0.15) is 25.1 Å². The molecule has 0 spiro atoms. The van der Waals surface area contributed by atoms with Gasteiger partial charge in [-0.3, -0.25) is 19.7 Å². The number of anilines is 1. The zero-order valence-electron chi connectivity index (χ0n) is 17.5. The van der Waals surface area contributed by atoms with Crippen LogP contribution >= 0.6 is 0 Å². The summed E-state index contributed by atoms with van der Waals surface area (Å²) in [6.07, 6.45) is -2.71. The van der Waals surface area contributed by atoms with Gasteiger partial charge < -0.3 is 19.3 Å². The van der Waals surface area contributed by atoms with E-state index >= 15 is 8.78 Å². The summed E-state index contributed by atoms with van der Waals surface area (Å²) in [4.78, 5) is 43.3. The Balaban J connectivity index is 1.72. The van der Waals surface area contributed by atoms with Gasteiger partial charge in [-0.2, -0.15) is 13.8 Å². The summed E-state index contributed by atoms with van der Waals surface area (Å²) in [6, 6.07) is 4.49. The summed E-state index contributed by atoms with van der Waals surface area (Å²) in [6.45, 7) is 0.775. The number of hydrogen-bond donors (Lipinski definition) is 2. The molecule has 3 heterocycles. The molecule has 2 aromatic rings. The van der Waals surface area contributed by atoms with E-state index in [1.807, 2.05) is 0 Å². The molecular weight excluding hydrogens is 446 g/mol. The first-order valence-corrected chi connectivity index (χ1v) is 10.0. The Hall–Kier alpha value is -3.45. The van der Waals surface area contributed by atoms with Crippen molar-refractivity contribution >= 4 is 17.9 Å². The number of carbonyl (C=O) groups is 2. The SMILES string of the molecule is CCOC(=O)Nc1ccn([C@@H]2O[C@H](CO)[C@@H](OC(=O)CCc3cccnc3)C2(F)F)c(=O)n1. The van der Waals surface area contributed by atoms with E-state index in [0.717, 1.165) is 17.8 Å². The number of alkyl halides is 2. The predicted molar refractivity (Wildman–Crippen MR) is 108 cm³/mol. The van der Waals surface area contributed by atoms with Gasteiger partial charge in [0.25, 0.3) is 0 Å². The number of aryl methyl sites for hydroxylation is 1. The Bertz CT molecular complexity index is 1030. The van der Waals surface area contributed by atoms with Crippen LogP contribution in [0.5, 0.6) is 0 Å². The first-order valence-electron chi connectivity index (χ1n) is 10.0. The Kier molecular flexibility index (Phi) is 7.66. The highest BCUT2D eigenvalue weighted by Gasteiger charge is 2.62. The molecule has 2 N–H and O–H groups in total. The van der Waals surface area contributed by atoms with Crippen molar-refractivity contribution < 1.29 is 37.7 Å². The van der Waals surface area contributed by atoms with Crippen LogP contribution in [0, 0.1) is 0 Å². The lowest BCUT2D eigenvalue weighted by Crippen LogP contribution is -2.44. The van der Waals surface area contributed by atoms with Crippen LogP contribution in [0.15, 0.2) is 41.6 Å². The van der Waals surface area contributed by atoms with E-state index in [1.54, 1.807) is 25.3 Å². The monoisotopic (exact) mass is 468 g/mol. The Morgan fingerprint density at radius 2 is 2.15 bits per heavy atom. The smallest absolute Gasteiger partial charge is 0.412 e. The first kappa shape index (κ1) is 24.2. The van der Waals surface area contributed by atoms with Gasteiger partial charge >= 0.3 is 23.7 Å². The van der Waals surface area contributed by atoms with E-state index < -0.39 is 48.7 Å². The van der Waals surface area contributed by atoms with Crippen molar-refractivity contribution in [2.75, 3.05) is 18.5 Å². The molecular formula is C20H22F2N4O7. The molecule has 13 heteroatoms. The molecule has 178 valence electrons. The lowest BCUT2D eigenvalue weighted by atomic mass is 10.1. The van der Waals surface area contributed by atoms with Crippen LogP contribution in [0.25, 0.3) is 0 Å². The number of halogens is 2. The van der Waals surface area contributed by atoms with Gasteiger partial charge in [-0.25, -0.2) is 9.59 Å². The maximum Gasteiger partial charge on any atom is 0.412 e. The van der Waals surface area contributed by atoms with Crippen molar-refractivity contribution in [1.29, 1.82) is 0 Å². The van der Waals surface area contributed by atoms with Crippen molar-refractivity contribution in [3.63, 3.8) is 0 Å². The van der Waals surface area contributed by atoms with Gasteiger partial charge in [-0.1, -0.05) is 6.07 Å². The van der Waals surface area contributed by atoms with Crippen molar-refractivity contribution in [2.24, 2.45) is 0 Å². The average molecular weight is 468 g/mol. The number of ether oxygens (including phenoxy) is 3. The van der Waals surface area contributed by atoms with E-state index in [2.05, 4.69) is 20.0 Å². The van der Waals surface area contributed by atoms with Crippen LogP contribution < -0.4 is 11.0 Å². The number of aromatic nitrogens is 3. The molecule has 0 radical (unpaired) electrons. The third-order valence-corrected chi connectivity index (χ3v) is 4.72. The molecule has 0 bridgehead atoms. The Morgan fingerprint density at radius 1 is 1.36 bits per heavy atom. The zero-order valence-corrected chi connectivity index (χ0v) is 17.5. The minimum absolute atomic E-state index is 0.0793. The number of rotatable bonds is 8. The van der Waals surface area contributed by atoms with Crippen LogP contribution in [-0.4, -0.2) is 63.0 Å². The summed E-state index contributed by atoms with van der Waals surface area (Å²) in [5, 5.41) is 11.7. The van der Waals surface area contributed by atoms with Crippen LogP contribution in [0.3, 0.4) is 0 Å². The highest BCUT2D eigenvalue weighted by molar-refractivity contribution is 5.83. The van der Waals surface area contributed by atoms with Crippen molar-refractivity contribution in [3.8, 4) is 0 Å². The second kappa shape index (κ2) is 10.4. The van der Waals surface area contributed by atoms with E-state index in [1.165, 1.54) is 6.20 Å². The number of nitrogens with zero attached hydrogens (tertiary/aromatic N) is 3. The number of aliphatic hydroxyl groups excluding tert-OH is 1. The molecule has 0 unspecified atom stereocenters. The molecule has 0 aliphatic carbocycles. The molecule has 33 heavy (non-hydrogen) atoms. The van der Waals surface area contributed by atoms with Gasteiger partial charge in [-0.05, 0) is 31.0 Å². The average Bonchev–Trinajstić information content (AvgIpc) is 3.03. The molecule has 2 aromatic heterocycles. The lowest BCUT2D eigenvalue weighted by molar-refractivity contribution is -0.176. The number of aliphatic hydroxyl groups is 1. The van der Waals surface area contributed by atoms with Crippen molar-refractivity contribution in [2.45, 2.75) is 44.1 Å². The van der Waals surface area contributed by atoms with Crippen molar-refractivity contribution in [3.05, 3.63) is 52.8 Å². The van der Waals surface area contributed by atoms with E-state index in [-0.39, 0.29) is 25.3 Å². The molecule has 1 aliphatic rings. The maximum atomic E-state index is 15.1. The summed E-state index contributed by atoms with van der Waals surface area (Å²) in [5.41, 5.74) is -0.441. The lowest BCUT2D eigenvalue weighted by Gasteiger charge is -2.24. The Labute approximate surface area is 186 Å². The van der Waals surface area contributed by atoms with Gasteiger partial charge in [0.05, 0.1) is 13.2 Å². The molecule has 0 saturated carbocycles. The standard InChI is InChI=1S/C20H22F2N4O7/c1-2-31-19(30)25-14-7-9-26(18(29)24-14)17-20(21,22)16(13(11-27)32-17)33-15(28)6-5-12-4-3-8-23-10-12/h3-4,7-10,13,16-17,27H,2,5-6,11H2,1H3,(H,24,25,29,30)/t13-,16-,17-/m1/s1. The summed E-state index contributed by atoms with van der Waals surface area (Å²) in [7, 11) is 0. The van der Waals surface area contributed by atoms with Gasteiger partial charge in [-0.15, -0.1) is 0 Å². The number of nitrogens with one attached hydrogen (secondary N) is 1. The Morgan fingerprint density at radius 3 is 2.79 bits per heavy atom. The predicted octanol–water partition coefficient (Wildman–Crippen LogP) is 1.28. The summed E-state index contributed by atoms with van der Waals surface area (Å²) in [5.74, 6) is -5.00. The largest absolute Gasteiger partial charge is 0.453 e. The van der Waals surface area contributed by atoms with Gasteiger partial charge in [0.15, 0.2) is 6.10 Å². The van der Waals surface area contributed by atoms with Crippen LogP contribution in [-0.2, 0) is 25.4 Å². The number of esters is 1. The fraction of sp³-hybridized carbons (Fsp3) is 0.450. The summed E-state index contributed by atoms with van der Waals surface area (Å²) < 4.78 is 45.5. The summed E-state index contributed by atoms with van der Waals surface area (Å²) >= 11 is 0. The van der Waals surface area contributed by atoms with Gasteiger partial charge in [0.2, 0.25) is 6.23 Å². The highest BCUT2D eigenvalue weighted by Crippen LogP contribution is 2.44. The quantitative estimate of drug-likeness (QED) is 0.548. The first-order chi connectivity index (χ1) is 15.8. The zero-order chi connectivity index (χ0) is 24.0. The molecule has 11 nitrogen and oxygen atoms in total. The van der Waals surface area contributed by atoms with Crippen LogP contribution in [0.2, 0.25) is 0 Å². The van der Waals surface area contributed by atoms with Crippen LogP contribution in [0.4, 0.5) is 19.4 Å². The molecule has 1 amide bonds. The van der Waals surface area contributed by atoms with Gasteiger partial charge in [0, 0.05) is 25.0 Å². The van der Waals surface area contributed by atoms with E-state index in [9.17, 15) is 19.5 Å². The van der Waals surface area contributed by atoms with E-state index in [4.69, 9.17) is 9.47 Å². The molecule has 3 atom stereocenters. The fourth-order valence-corrected chi connectivity index (χ4v) is 3.19. The maximum absolute atomic E-state index is 15.1. The molecule has 3 rings (SSSR count). The molecule has 1 saturated heterocycles. The molecule has 1 fully saturated rings. The number of carbonyl (C=O) groups excluding carboxylic acids is 2. The normalized spacial score (nSPS) is 21.4. The topological polar surface area (TPSA) is 142 Å². The highest BCUT2D eigenvalue weighted by atomic mass is 19.3.